The number of aliphatic imine (C=N–C) groups is 1. The van der Waals surface area contributed by atoms with Crippen molar-refractivity contribution in [3.8, 4) is 0 Å². The molecule has 0 saturated heterocycles. The van der Waals surface area contributed by atoms with Gasteiger partial charge in [0.1, 0.15) is 25.2 Å². The van der Waals surface area contributed by atoms with Crippen molar-refractivity contribution in [3.05, 3.63) is 23.7 Å². The summed E-state index contributed by atoms with van der Waals surface area (Å²) in [4.78, 5) is 26.1. The molecular weight excluding hydrogens is 360 g/mol. The minimum absolute atomic E-state index is 0.171. The molecule has 1 saturated carbocycles. The number of hydrogen-bond donors (Lipinski definition) is 2. The van der Waals surface area contributed by atoms with E-state index in [-0.39, 0.29) is 36.9 Å². The van der Waals surface area contributed by atoms with Crippen LogP contribution in [-0.2, 0) is 21.6 Å². The van der Waals surface area contributed by atoms with E-state index in [2.05, 4.69) is 15.0 Å². The Balaban J connectivity index is 1.57. The Morgan fingerprint density at radius 1 is 1.29 bits per heavy atom. The molecule has 3 aliphatic rings. The van der Waals surface area contributed by atoms with Gasteiger partial charge in [0.25, 0.3) is 5.91 Å². The molecule has 0 atom stereocenters. The van der Waals surface area contributed by atoms with Gasteiger partial charge in [-0.05, 0) is 39.5 Å². The summed E-state index contributed by atoms with van der Waals surface area (Å²) in [5, 5.41) is 12.6. The minimum atomic E-state index is -0.871. The first-order valence-corrected chi connectivity index (χ1v) is 9.70. The van der Waals surface area contributed by atoms with E-state index >= 15 is 0 Å². The number of carbonyl (C=O) groups is 1. The number of amides is 1. The topological polar surface area (TPSA) is 117 Å². The molecule has 9 heteroatoms. The van der Waals surface area contributed by atoms with E-state index in [0.717, 1.165) is 12.8 Å². The fraction of sp³-hybridized carbons (Fsp3) is 0.579. The average molecular weight is 386 g/mol. The van der Waals surface area contributed by atoms with Crippen molar-refractivity contribution in [3.63, 3.8) is 0 Å². The van der Waals surface area contributed by atoms with Gasteiger partial charge in [-0.2, -0.15) is 5.01 Å². The quantitative estimate of drug-likeness (QED) is 0.810. The third-order valence-electron chi connectivity index (χ3n) is 5.52. The predicted octanol–water partition coefficient (Wildman–Crippen LogP) is 1.62. The van der Waals surface area contributed by atoms with Crippen molar-refractivity contribution in [2.75, 3.05) is 17.4 Å². The number of aromatic nitrogens is 2. The van der Waals surface area contributed by atoms with Crippen molar-refractivity contribution in [2.45, 2.75) is 64.1 Å². The fourth-order valence-electron chi connectivity index (χ4n) is 3.99. The number of fused-ring (bicyclic) bond motifs is 1. The summed E-state index contributed by atoms with van der Waals surface area (Å²) >= 11 is 0. The molecular formula is C19H26N6O3. The van der Waals surface area contributed by atoms with Gasteiger partial charge in [-0.25, -0.2) is 15.0 Å². The lowest BCUT2D eigenvalue weighted by Crippen LogP contribution is -2.47. The van der Waals surface area contributed by atoms with Gasteiger partial charge in [0, 0.05) is 12.3 Å². The molecule has 1 amide bonds. The molecule has 3 heterocycles. The van der Waals surface area contributed by atoms with Crippen molar-refractivity contribution in [1.82, 2.24) is 15.0 Å². The van der Waals surface area contributed by atoms with Crippen LogP contribution in [0.1, 0.15) is 57.3 Å². The maximum atomic E-state index is 13.1. The molecule has 9 nitrogen and oxygen atoms in total. The molecule has 1 aromatic rings. The number of rotatable bonds is 3. The zero-order chi connectivity index (χ0) is 19.9. The molecule has 150 valence electrons. The van der Waals surface area contributed by atoms with Crippen LogP contribution >= 0.6 is 0 Å². The number of nitrogens with zero attached hydrogens (tertiary/aromatic N) is 5. The first-order valence-electron chi connectivity index (χ1n) is 9.70. The monoisotopic (exact) mass is 386 g/mol. The molecule has 0 spiro atoms. The Bertz CT molecular complexity index is 844. The van der Waals surface area contributed by atoms with Gasteiger partial charge in [0.15, 0.2) is 11.6 Å². The maximum absolute atomic E-state index is 13.1. The van der Waals surface area contributed by atoms with E-state index in [1.54, 1.807) is 31.1 Å². The Morgan fingerprint density at radius 2 is 2.04 bits per heavy atom. The number of nitrogens with two attached hydrogens (primary N) is 1. The van der Waals surface area contributed by atoms with Crippen LogP contribution in [0.3, 0.4) is 0 Å². The molecule has 0 aromatic carbocycles. The minimum Gasteiger partial charge on any atom is -0.475 e. The van der Waals surface area contributed by atoms with Crippen LogP contribution in [-0.4, -0.2) is 44.7 Å². The summed E-state index contributed by atoms with van der Waals surface area (Å²) in [6.45, 7) is 3.47. The first kappa shape index (κ1) is 18.7. The second-order valence-electron chi connectivity index (χ2n) is 7.89. The zero-order valence-electron chi connectivity index (χ0n) is 16.3. The Hall–Kier alpha value is -2.68. The Labute approximate surface area is 163 Å². The van der Waals surface area contributed by atoms with Gasteiger partial charge in [0.2, 0.25) is 5.90 Å². The summed E-state index contributed by atoms with van der Waals surface area (Å²) in [5.41, 5.74) is 5.77. The number of nitrogen functional groups attached to an aromatic ring is 1. The second kappa shape index (κ2) is 7.05. The number of hydrazine groups is 1. The van der Waals surface area contributed by atoms with Crippen LogP contribution in [0.2, 0.25) is 0 Å². The van der Waals surface area contributed by atoms with Gasteiger partial charge >= 0.3 is 0 Å². The highest BCUT2D eigenvalue weighted by Crippen LogP contribution is 2.44. The third-order valence-corrected chi connectivity index (χ3v) is 5.52. The summed E-state index contributed by atoms with van der Waals surface area (Å²) in [6.07, 6.45) is 9.52. The SMILES string of the molecule is CC1(C)C(=O)N(N2C=CC(OC3CCCCC3)=NC2)c2nc(CO)nc(N)c21. The van der Waals surface area contributed by atoms with Crippen molar-refractivity contribution in [2.24, 2.45) is 4.99 Å². The summed E-state index contributed by atoms with van der Waals surface area (Å²) in [5.74, 6) is 1.20. The molecule has 0 bridgehead atoms. The van der Waals surface area contributed by atoms with Crippen molar-refractivity contribution >= 4 is 23.4 Å². The van der Waals surface area contributed by atoms with E-state index < -0.39 is 5.41 Å². The number of ether oxygens (including phenoxy) is 1. The van der Waals surface area contributed by atoms with E-state index in [0.29, 0.717) is 17.3 Å². The standard InChI is InChI=1S/C19H26N6O3/c1-19(2)15-16(20)22-13(10-26)23-17(15)25(18(19)27)24-9-8-14(21-11-24)28-12-6-4-3-5-7-12/h8-9,12,26H,3-7,10-11H2,1-2H3,(H2,20,22,23). The van der Waals surface area contributed by atoms with Crippen LogP contribution in [0.4, 0.5) is 11.6 Å². The van der Waals surface area contributed by atoms with Gasteiger partial charge in [-0.15, -0.1) is 0 Å². The van der Waals surface area contributed by atoms with Gasteiger partial charge in [0.05, 0.1) is 11.0 Å². The smallest absolute Gasteiger partial charge is 0.257 e. The Morgan fingerprint density at radius 3 is 2.68 bits per heavy atom. The molecule has 4 rings (SSSR count). The normalized spacial score (nSPS) is 21.7. The van der Waals surface area contributed by atoms with Crippen molar-refractivity contribution < 1.29 is 14.6 Å². The lowest BCUT2D eigenvalue weighted by Gasteiger charge is -2.32. The number of anilines is 2. The highest BCUT2D eigenvalue weighted by Gasteiger charge is 2.49. The molecule has 0 radical (unpaired) electrons. The van der Waals surface area contributed by atoms with Crippen molar-refractivity contribution in [1.29, 1.82) is 0 Å². The Kier molecular flexibility index (Phi) is 4.70. The zero-order valence-corrected chi connectivity index (χ0v) is 16.3. The van der Waals surface area contributed by atoms with Crippen LogP contribution in [0.25, 0.3) is 0 Å². The lowest BCUT2D eigenvalue weighted by atomic mass is 9.87. The van der Waals surface area contributed by atoms with E-state index in [1.807, 2.05) is 0 Å². The number of aliphatic hydroxyl groups excluding tert-OH is 1. The molecule has 28 heavy (non-hydrogen) atoms. The van der Waals surface area contributed by atoms with E-state index in [1.165, 1.54) is 24.3 Å². The van der Waals surface area contributed by atoms with E-state index in [4.69, 9.17) is 10.5 Å². The molecule has 3 N–H and O–H groups in total. The summed E-state index contributed by atoms with van der Waals surface area (Å²) in [6, 6.07) is 0. The lowest BCUT2D eigenvalue weighted by molar-refractivity contribution is -0.124. The largest absolute Gasteiger partial charge is 0.475 e. The number of carbonyl (C=O) groups excluding carboxylic acids is 1. The fourth-order valence-corrected chi connectivity index (χ4v) is 3.99. The average Bonchev–Trinajstić information content (AvgIpc) is 2.89. The van der Waals surface area contributed by atoms with Crippen LogP contribution in [0.15, 0.2) is 17.3 Å². The van der Waals surface area contributed by atoms with Gasteiger partial charge in [-0.1, -0.05) is 6.42 Å². The number of hydrogen-bond acceptors (Lipinski definition) is 8. The van der Waals surface area contributed by atoms with Crippen LogP contribution in [0, 0.1) is 0 Å². The number of aliphatic hydroxyl groups is 1. The predicted molar refractivity (Wildman–Crippen MR) is 104 cm³/mol. The molecule has 2 aliphatic heterocycles. The van der Waals surface area contributed by atoms with Gasteiger partial charge < -0.3 is 15.6 Å². The highest BCUT2D eigenvalue weighted by atomic mass is 16.5. The summed E-state index contributed by atoms with van der Waals surface area (Å²) < 4.78 is 5.99. The van der Waals surface area contributed by atoms with Crippen LogP contribution < -0.4 is 10.7 Å². The third kappa shape index (κ3) is 3.09. The second-order valence-corrected chi connectivity index (χ2v) is 7.89. The maximum Gasteiger partial charge on any atom is 0.257 e. The van der Waals surface area contributed by atoms with E-state index in [9.17, 15) is 9.90 Å². The van der Waals surface area contributed by atoms with Crippen LogP contribution in [0.5, 0.6) is 0 Å². The first-order chi connectivity index (χ1) is 13.4. The highest BCUT2D eigenvalue weighted by molar-refractivity contribution is 6.07. The molecule has 1 aromatic heterocycles. The molecule has 1 aliphatic carbocycles. The molecule has 1 fully saturated rings. The van der Waals surface area contributed by atoms with Gasteiger partial charge in [-0.3, -0.25) is 9.80 Å². The molecule has 0 unspecified atom stereocenters. The summed E-state index contributed by atoms with van der Waals surface area (Å²) in [7, 11) is 0.